The van der Waals surface area contributed by atoms with Crippen LogP contribution >= 0.6 is 12.4 Å². The lowest BCUT2D eigenvalue weighted by atomic mass is 10.1. The largest absolute Gasteiger partial charge is 0.490 e. The van der Waals surface area contributed by atoms with E-state index in [9.17, 15) is 9.59 Å². The molecule has 1 aliphatic rings. The van der Waals surface area contributed by atoms with Gasteiger partial charge in [0.1, 0.15) is 30.4 Å². The number of carbonyl (C=O) groups excluding carboxylic acids is 1. The molecule has 2 aromatic carbocycles. The minimum absolute atomic E-state index is 0. The zero-order chi connectivity index (χ0) is 24.7. The minimum atomic E-state index is -1.19. The fraction of sp³-hybridized carbons (Fsp3) is 0.217. The van der Waals surface area contributed by atoms with Crippen molar-refractivity contribution in [2.24, 2.45) is 21.5 Å². The van der Waals surface area contributed by atoms with E-state index in [0.717, 1.165) is 17.8 Å². The number of aliphatic carboxylic acids is 1. The molecule has 6 N–H and O–H groups in total. The van der Waals surface area contributed by atoms with Gasteiger partial charge in [-0.3, -0.25) is 9.69 Å². The van der Waals surface area contributed by atoms with E-state index >= 15 is 0 Å². The standard InChI is InChI=1S/C23H26N6O5.ClH/c1-23(2)28-21(24)27-22(25)29(23)16-4-3-5-18(14-16)34-13-12-33-17-8-6-15(7-9-17)26-19(30)10-11-20(31)32;/h3-11,14H,12-13H2,1-2H3,(H,26,30)(H,31,32)(H4,24,25,27,28);1H/b11-10+;. The first-order chi connectivity index (χ1) is 16.1. The molecular formula is C23H27ClN6O5. The van der Waals surface area contributed by atoms with Crippen LogP contribution in [0.1, 0.15) is 13.8 Å². The molecule has 0 spiro atoms. The summed E-state index contributed by atoms with van der Waals surface area (Å²) in [5.41, 5.74) is 12.4. The van der Waals surface area contributed by atoms with Gasteiger partial charge in [0.25, 0.3) is 0 Å². The molecule has 0 aromatic heterocycles. The van der Waals surface area contributed by atoms with Gasteiger partial charge in [0.15, 0.2) is 0 Å². The van der Waals surface area contributed by atoms with E-state index in [-0.39, 0.29) is 30.9 Å². The molecule has 186 valence electrons. The molecule has 0 atom stereocenters. The highest BCUT2D eigenvalue weighted by Gasteiger charge is 2.33. The van der Waals surface area contributed by atoms with Crippen molar-refractivity contribution in [1.82, 2.24) is 0 Å². The number of guanidine groups is 2. The topological polar surface area (TPSA) is 165 Å². The zero-order valence-corrected chi connectivity index (χ0v) is 20.0. The first-order valence-electron chi connectivity index (χ1n) is 10.3. The first-order valence-corrected chi connectivity index (χ1v) is 10.3. The third-order valence-electron chi connectivity index (χ3n) is 4.59. The van der Waals surface area contributed by atoms with Crippen LogP contribution in [0.5, 0.6) is 11.5 Å². The SMILES string of the molecule is CC1(C)N=C(N)N=C(N)N1c1cccc(OCCOc2ccc(NC(=O)/C=C/C(=O)O)cc2)c1.Cl. The van der Waals surface area contributed by atoms with Gasteiger partial charge in [0.2, 0.25) is 17.8 Å². The fourth-order valence-electron chi connectivity index (χ4n) is 3.25. The van der Waals surface area contributed by atoms with Gasteiger partial charge in [0.05, 0.1) is 0 Å². The molecule has 0 saturated carbocycles. The molecule has 3 rings (SSSR count). The van der Waals surface area contributed by atoms with Crippen molar-refractivity contribution in [3.63, 3.8) is 0 Å². The molecule has 12 heteroatoms. The fourth-order valence-corrected chi connectivity index (χ4v) is 3.25. The Morgan fingerprint density at radius 3 is 2.34 bits per heavy atom. The second-order valence-electron chi connectivity index (χ2n) is 7.65. The van der Waals surface area contributed by atoms with Crippen LogP contribution in [0.25, 0.3) is 0 Å². The Hall–Kier alpha value is -4.25. The summed E-state index contributed by atoms with van der Waals surface area (Å²) in [7, 11) is 0. The molecule has 0 saturated heterocycles. The zero-order valence-electron chi connectivity index (χ0n) is 19.2. The highest BCUT2D eigenvalue weighted by Crippen LogP contribution is 2.29. The number of carboxylic acids is 1. The minimum Gasteiger partial charge on any atom is -0.490 e. The Balaban J connectivity index is 0.00000432. The Kier molecular flexibility index (Phi) is 9.06. The molecule has 0 radical (unpaired) electrons. The average Bonchev–Trinajstić information content (AvgIpc) is 2.75. The number of nitrogens with one attached hydrogen (secondary N) is 1. The molecule has 0 fully saturated rings. The molecule has 0 bridgehead atoms. The predicted molar refractivity (Wildman–Crippen MR) is 136 cm³/mol. The van der Waals surface area contributed by atoms with E-state index in [2.05, 4.69) is 15.3 Å². The van der Waals surface area contributed by atoms with Crippen LogP contribution in [0.3, 0.4) is 0 Å². The second-order valence-corrected chi connectivity index (χ2v) is 7.65. The monoisotopic (exact) mass is 502 g/mol. The van der Waals surface area contributed by atoms with Gasteiger partial charge in [-0.25, -0.2) is 9.79 Å². The van der Waals surface area contributed by atoms with Crippen LogP contribution in [0.4, 0.5) is 11.4 Å². The molecule has 1 amide bonds. The van der Waals surface area contributed by atoms with Crippen molar-refractivity contribution in [3.05, 3.63) is 60.7 Å². The van der Waals surface area contributed by atoms with Gasteiger partial charge in [0, 0.05) is 29.6 Å². The summed E-state index contributed by atoms with van der Waals surface area (Å²) in [6, 6.07) is 14.0. The third kappa shape index (κ3) is 7.64. The van der Waals surface area contributed by atoms with E-state index in [1.165, 1.54) is 0 Å². The van der Waals surface area contributed by atoms with E-state index in [1.807, 2.05) is 38.1 Å². The summed E-state index contributed by atoms with van der Waals surface area (Å²) in [4.78, 5) is 32.2. The molecule has 1 aliphatic heterocycles. The van der Waals surface area contributed by atoms with Crippen LogP contribution < -0.4 is 31.2 Å². The number of aliphatic imine (C=N–C) groups is 2. The summed E-state index contributed by atoms with van der Waals surface area (Å²) < 4.78 is 11.5. The lowest BCUT2D eigenvalue weighted by molar-refractivity contribution is -0.131. The molecule has 1 heterocycles. The van der Waals surface area contributed by atoms with Crippen LogP contribution in [0.15, 0.2) is 70.7 Å². The van der Waals surface area contributed by atoms with Crippen molar-refractivity contribution in [3.8, 4) is 11.5 Å². The van der Waals surface area contributed by atoms with Crippen molar-refractivity contribution in [2.75, 3.05) is 23.4 Å². The smallest absolute Gasteiger partial charge is 0.328 e. The van der Waals surface area contributed by atoms with E-state index < -0.39 is 17.5 Å². The molecule has 2 aromatic rings. The highest BCUT2D eigenvalue weighted by atomic mass is 35.5. The normalized spacial score (nSPS) is 14.4. The number of hydrogen-bond acceptors (Lipinski definition) is 9. The molecule has 0 aliphatic carbocycles. The van der Waals surface area contributed by atoms with Crippen molar-refractivity contribution in [1.29, 1.82) is 0 Å². The number of amides is 1. The summed E-state index contributed by atoms with van der Waals surface area (Å²) in [5, 5.41) is 11.1. The molecule has 11 nitrogen and oxygen atoms in total. The highest BCUT2D eigenvalue weighted by molar-refractivity contribution is 6.05. The van der Waals surface area contributed by atoms with Crippen LogP contribution in [0.2, 0.25) is 0 Å². The van der Waals surface area contributed by atoms with Crippen LogP contribution in [-0.2, 0) is 9.59 Å². The number of benzene rings is 2. The number of halogens is 1. The number of ether oxygens (including phenoxy) is 2. The Labute approximate surface area is 208 Å². The van der Waals surface area contributed by atoms with E-state index in [4.69, 9.17) is 26.0 Å². The molecular weight excluding hydrogens is 476 g/mol. The van der Waals surface area contributed by atoms with Gasteiger partial charge < -0.3 is 31.4 Å². The van der Waals surface area contributed by atoms with E-state index in [1.54, 1.807) is 29.2 Å². The maximum Gasteiger partial charge on any atom is 0.328 e. The summed E-state index contributed by atoms with van der Waals surface area (Å²) >= 11 is 0. The number of nitrogens with zero attached hydrogens (tertiary/aromatic N) is 3. The Morgan fingerprint density at radius 1 is 1.06 bits per heavy atom. The summed E-state index contributed by atoms with van der Waals surface area (Å²) in [6.45, 7) is 4.34. The first kappa shape index (κ1) is 27.0. The number of anilines is 2. The average molecular weight is 503 g/mol. The van der Waals surface area contributed by atoms with Crippen molar-refractivity contribution < 1.29 is 24.2 Å². The second kappa shape index (κ2) is 11.7. The predicted octanol–water partition coefficient (Wildman–Crippen LogP) is 2.33. The Morgan fingerprint density at radius 2 is 1.71 bits per heavy atom. The maximum absolute atomic E-state index is 11.6. The van der Waals surface area contributed by atoms with Gasteiger partial charge in [-0.05, 0) is 50.2 Å². The van der Waals surface area contributed by atoms with Gasteiger partial charge in [-0.1, -0.05) is 6.07 Å². The third-order valence-corrected chi connectivity index (χ3v) is 4.59. The lowest BCUT2D eigenvalue weighted by Crippen LogP contribution is -2.54. The van der Waals surface area contributed by atoms with E-state index in [0.29, 0.717) is 23.8 Å². The maximum atomic E-state index is 11.6. The van der Waals surface area contributed by atoms with Crippen LogP contribution in [0, 0.1) is 0 Å². The Bertz CT molecular complexity index is 1150. The molecule has 0 unspecified atom stereocenters. The lowest BCUT2D eigenvalue weighted by Gasteiger charge is -2.38. The number of carbonyl (C=O) groups is 2. The molecule has 35 heavy (non-hydrogen) atoms. The summed E-state index contributed by atoms with van der Waals surface area (Å²) in [5.74, 6) is -0.140. The van der Waals surface area contributed by atoms with Gasteiger partial charge in [-0.2, -0.15) is 4.99 Å². The summed E-state index contributed by atoms with van der Waals surface area (Å²) in [6.07, 6.45) is 1.71. The van der Waals surface area contributed by atoms with Gasteiger partial charge >= 0.3 is 5.97 Å². The van der Waals surface area contributed by atoms with Crippen LogP contribution in [-0.4, -0.2) is 47.8 Å². The quantitative estimate of drug-likeness (QED) is 0.299. The number of hydrogen-bond donors (Lipinski definition) is 4. The number of carboxylic acid groups (broad SMARTS) is 1. The van der Waals surface area contributed by atoms with Crippen molar-refractivity contribution in [2.45, 2.75) is 19.5 Å². The number of nitrogens with two attached hydrogens (primary N) is 2. The number of rotatable bonds is 9. The van der Waals surface area contributed by atoms with Gasteiger partial charge in [-0.15, -0.1) is 12.4 Å². The van der Waals surface area contributed by atoms with Crippen molar-refractivity contribution >= 4 is 47.6 Å².